The summed E-state index contributed by atoms with van der Waals surface area (Å²) in [6.45, 7) is 0.698. The first kappa shape index (κ1) is 14.4. The Morgan fingerprint density at radius 3 is 2.89 bits per heavy atom. The fourth-order valence-corrected chi connectivity index (χ4v) is 4.21. The highest BCUT2D eigenvalue weighted by Gasteiger charge is 2.30. The van der Waals surface area contributed by atoms with Gasteiger partial charge >= 0.3 is 0 Å². The third-order valence-corrected chi connectivity index (χ3v) is 5.38. The van der Waals surface area contributed by atoms with E-state index < -0.39 is 10.0 Å². The molecular weight excluding hydrogens is 332 g/mol. The number of hydrogen-bond donors (Lipinski definition) is 0. The van der Waals surface area contributed by atoms with E-state index in [0.29, 0.717) is 17.4 Å². The minimum atomic E-state index is -3.52. The van der Waals surface area contributed by atoms with Crippen molar-refractivity contribution in [1.82, 2.24) is 4.31 Å². The second-order valence-electron chi connectivity index (χ2n) is 4.34. The molecule has 1 aromatic carbocycles. The molecule has 0 N–H and O–H groups in total. The van der Waals surface area contributed by atoms with E-state index in [9.17, 15) is 13.2 Å². The predicted octanol–water partition coefficient (Wildman–Crippen LogP) is 1.94. The summed E-state index contributed by atoms with van der Waals surface area (Å²) in [5.74, 6) is 0. The second kappa shape index (κ2) is 5.96. The number of halogens is 1. The molecule has 1 atom stereocenters. The van der Waals surface area contributed by atoms with Crippen LogP contribution in [0.4, 0.5) is 0 Å². The van der Waals surface area contributed by atoms with E-state index in [1.54, 1.807) is 24.3 Å². The maximum atomic E-state index is 12.5. The van der Waals surface area contributed by atoms with Gasteiger partial charge in [0.1, 0.15) is 0 Å². The monoisotopic (exact) mass is 344 g/mol. The van der Waals surface area contributed by atoms with E-state index >= 15 is 0 Å². The van der Waals surface area contributed by atoms with E-state index in [0.717, 1.165) is 6.42 Å². The highest BCUT2D eigenvalue weighted by molar-refractivity contribution is 9.10. The molecule has 1 aliphatic heterocycles. The van der Waals surface area contributed by atoms with Crippen molar-refractivity contribution in [2.45, 2.75) is 23.8 Å². The summed E-state index contributed by atoms with van der Waals surface area (Å²) in [7, 11) is -3.52. The average Bonchev–Trinajstić information content (AvgIpc) is 2.39. The first-order valence-electron chi connectivity index (χ1n) is 5.87. The van der Waals surface area contributed by atoms with Crippen molar-refractivity contribution in [3.05, 3.63) is 28.7 Å². The molecule has 5 nitrogen and oxygen atoms in total. The fraction of sp³-hybridized carbons (Fsp3) is 0.417. The number of carbonyl (C=O) groups excluding carboxylic acids is 1. The number of isocyanates is 1. The van der Waals surface area contributed by atoms with Gasteiger partial charge in [0.2, 0.25) is 16.1 Å². The van der Waals surface area contributed by atoms with Crippen LogP contribution >= 0.6 is 15.9 Å². The molecule has 1 saturated heterocycles. The molecule has 0 spiro atoms. The lowest BCUT2D eigenvalue weighted by Crippen LogP contribution is -2.41. The Morgan fingerprint density at radius 2 is 2.21 bits per heavy atom. The number of rotatable bonds is 3. The molecule has 1 aliphatic rings. The molecule has 0 radical (unpaired) electrons. The van der Waals surface area contributed by atoms with Crippen molar-refractivity contribution in [2.24, 2.45) is 4.99 Å². The van der Waals surface area contributed by atoms with Gasteiger partial charge < -0.3 is 0 Å². The van der Waals surface area contributed by atoms with Gasteiger partial charge in [-0.2, -0.15) is 4.31 Å². The molecule has 1 fully saturated rings. The Balaban J connectivity index is 2.27. The molecule has 1 heterocycles. The van der Waals surface area contributed by atoms with Gasteiger partial charge in [0.15, 0.2) is 0 Å². The lowest BCUT2D eigenvalue weighted by molar-refractivity contribution is 0.316. The minimum absolute atomic E-state index is 0.240. The van der Waals surface area contributed by atoms with E-state index in [2.05, 4.69) is 20.9 Å². The fourth-order valence-electron chi connectivity index (χ4n) is 2.10. The van der Waals surface area contributed by atoms with Gasteiger partial charge in [0.25, 0.3) is 0 Å². The van der Waals surface area contributed by atoms with E-state index in [4.69, 9.17) is 0 Å². The summed E-state index contributed by atoms with van der Waals surface area (Å²) in [5.41, 5.74) is 0. The summed E-state index contributed by atoms with van der Waals surface area (Å²) >= 11 is 3.26. The molecule has 1 unspecified atom stereocenters. The number of nitrogens with zero attached hydrogens (tertiary/aromatic N) is 2. The average molecular weight is 345 g/mol. The highest BCUT2D eigenvalue weighted by atomic mass is 79.9. The molecule has 19 heavy (non-hydrogen) atoms. The zero-order valence-electron chi connectivity index (χ0n) is 10.1. The maximum absolute atomic E-state index is 12.5. The molecule has 0 aromatic heterocycles. The number of benzene rings is 1. The summed E-state index contributed by atoms with van der Waals surface area (Å²) < 4.78 is 27.0. The summed E-state index contributed by atoms with van der Waals surface area (Å²) in [6, 6.07) is 6.30. The van der Waals surface area contributed by atoms with Crippen LogP contribution < -0.4 is 0 Å². The molecule has 1 aromatic rings. The lowest BCUT2D eigenvalue weighted by Gasteiger charge is -2.29. The van der Waals surface area contributed by atoms with Crippen LogP contribution in [0.15, 0.2) is 38.6 Å². The smallest absolute Gasteiger partial charge is 0.211 e. The van der Waals surface area contributed by atoms with Crippen LogP contribution in [0.2, 0.25) is 0 Å². The normalized spacial score (nSPS) is 20.8. The van der Waals surface area contributed by atoms with Crippen LogP contribution in [-0.4, -0.2) is 37.9 Å². The van der Waals surface area contributed by atoms with Gasteiger partial charge in [-0.1, -0.05) is 22.0 Å². The Hall–Kier alpha value is -1.01. The SMILES string of the molecule is O=C=NC1CCCN(S(=O)(=O)c2cccc(Br)c2)C1. The molecule has 102 valence electrons. The quantitative estimate of drug-likeness (QED) is 0.621. The van der Waals surface area contributed by atoms with Crippen molar-refractivity contribution in [1.29, 1.82) is 0 Å². The number of hydrogen-bond acceptors (Lipinski definition) is 4. The molecule has 0 saturated carbocycles. The third-order valence-electron chi connectivity index (χ3n) is 3.03. The van der Waals surface area contributed by atoms with E-state index in [1.807, 2.05) is 0 Å². The van der Waals surface area contributed by atoms with Crippen molar-refractivity contribution in [3.8, 4) is 0 Å². The first-order chi connectivity index (χ1) is 9.04. The second-order valence-corrected chi connectivity index (χ2v) is 7.19. The summed E-state index contributed by atoms with van der Waals surface area (Å²) in [5, 5.41) is 0. The highest BCUT2D eigenvalue weighted by Crippen LogP contribution is 2.23. The Bertz CT molecular complexity index is 611. The van der Waals surface area contributed by atoms with Gasteiger partial charge in [0, 0.05) is 17.6 Å². The van der Waals surface area contributed by atoms with Gasteiger partial charge in [-0.25, -0.2) is 18.2 Å². The standard InChI is InChI=1S/C12H13BrN2O3S/c13-10-3-1-5-12(7-10)19(17,18)15-6-2-4-11(8-15)14-9-16/h1,3,5,7,11H,2,4,6,8H2. The zero-order chi connectivity index (χ0) is 13.9. The number of sulfonamides is 1. The van der Waals surface area contributed by atoms with Crippen molar-refractivity contribution >= 4 is 32.0 Å². The van der Waals surface area contributed by atoms with E-state index in [1.165, 1.54) is 10.4 Å². The topological polar surface area (TPSA) is 66.8 Å². The van der Waals surface area contributed by atoms with E-state index in [-0.39, 0.29) is 17.5 Å². The molecule has 0 aliphatic carbocycles. The third kappa shape index (κ3) is 3.30. The van der Waals surface area contributed by atoms with Gasteiger partial charge in [-0.05, 0) is 31.0 Å². The zero-order valence-corrected chi connectivity index (χ0v) is 12.5. The first-order valence-corrected chi connectivity index (χ1v) is 8.10. The van der Waals surface area contributed by atoms with Crippen LogP contribution in [0.25, 0.3) is 0 Å². The Morgan fingerprint density at radius 1 is 1.42 bits per heavy atom. The maximum Gasteiger partial charge on any atom is 0.243 e. The van der Waals surface area contributed by atoms with Gasteiger partial charge in [-0.3, -0.25) is 0 Å². The molecule has 7 heteroatoms. The summed E-state index contributed by atoms with van der Waals surface area (Å²) in [6.07, 6.45) is 2.92. The van der Waals surface area contributed by atoms with Crippen LogP contribution in [-0.2, 0) is 14.8 Å². The minimum Gasteiger partial charge on any atom is -0.211 e. The predicted molar refractivity (Wildman–Crippen MR) is 74.0 cm³/mol. The molecule has 0 bridgehead atoms. The lowest BCUT2D eigenvalue weighted by atomic mass is 10.1. The number of aliphatic imine (C=N–C) groups is 1. The molecule has 2 rings (SSSR count). The Labute approximate surface area is 120 Å². The van der Waals surface area contributed by atoms with Crippen LogP contribution in [0.5, 0.6) is 0 Å². The van der Waals surface area contributed by atoms with Crippen molar-refractivity contribution in [2.75, 3.05) is 13.1 Å². The largest absolute Gasteiger partial charge is 0.243 e. The van der Waals surface area contributed by atoms with Crippen LogP contribution in [0, 0.1) is 0 Å². The van der Waals surface area contributed by atoms with Gasteiger partial charge in [-0.15, -0.1) is 0 Å². The Kier molecular flexibility index (Phi) is 4.52. The van der Waals surface area contributed by atoms with Crippen molar-refractivity contribution in [3.63, 3.8) is 0 Å². The molecular formula is C12H13BrN2O3S. The summed E-state index contributed by atoms with van der Waals surface area (Å²) in [4.78, 5) is 14.2. The number of piperidine rings is 1. The van der Waals surface area contributed by atoms with Crippen LogP contribution in [0.1, 0.15) is 12.8 Å². The van der Waals surface area contributed by atoms with Crippen LogP contribution in [0.3, 0.4) is 0 Å². The van der Waals surface area contributed by atoms with Gasteiger partial charge in [0.05, 0.1) is 10.9 Å². The van der Waals surface area contributed by atoms with Crippen molar-refractivity contribution < 1.29 is 13.2 Å². The molecule has 0 amide bonds.